The summed E-state index contributed by atoms with van der Waals surface area (Å²) in [6, 6.07) is 7.89. The molecule has 0 saturated heterocycles. The largest absolute Gasteiger partial charge is 0.334 e. The van der Waals surface area contributed by atoms with E-state index in [2.05, 4.69) is 17.7 Å². The molecule has 3 heteroatoms. The molecule has 0 radical (unpaired) electrons. The highest BCUT2D eigenvalue weighted by Gasteiger charge is 2.18. The fraction of sp³-hybridized carbons (Fsp3) is 0.357. The summed E-state index contributed by atoms with van der Waals surface area (Å²) in [6.45, 7) is 3.37. The van der Waals surface area contributed by atoms with Crippen molar-refractivity contribution in [2.45, 2.75) is 26.3 Å². The van der Waals surface area contributed by atoms with Crippen LogP contribution in [0.2, 0.25) is 5.02 Å². The van der Waals surface area contributed by atoms with Gasteiger partial charge in [-0.1, -0.05) is 36.7 Å². The lowest BCUT2D eigenvalue weighted by Crippen LogP contribution is -2.17. The van der Waals surface area contributed by atoms with Crippen LogP contribution in [-0.4, -0.2) is 9.55 Å². The average Bonchev–Trinajstić information content (AvgIpc) is 2.72. The standard InChI is InChI=1S/C14H15ClN2/c1-10-6-7-14-16-13(9-17(14)8-10)11-4-2-3-5-12(11)15/h2-5,9-10H,6-8H2,1H3/t10-/m1/s1. The number of halogens is 1. The third kappa shape index (κ3) is 1.98. The van der Waals surface area contributed by atoms with E-state index in [-0.39, 0.29) is 0 Å². The van der Waals surface area contributed by atoms with Crippen LogP contribution in [0.3, 0.4) is 0 Å². The molecule has 17 heavy (non-hydrogen) atoms. The van der Waals surface area contributed by atoms with Crippen LogP contribution in [-0.2, 0) is 13.0 Å². The van der Waals surface area contributed by atoms with Crippen LogP contribution in [0.1, 0.15) is 19.2 Å². The second-order valence-corrected chi connectivity index (χ2v) is 5.23. The van der Waals surface area contributed by atoms with Gasteiger partial charge in [-0.2, -0.15) is 0 Å². The summed E-state index contributed by atoms with van der Waals surface area (Å²) in [6.07, 6.45) is 4.44. The highest BCUT2D eigenvalue weighted by molar-refractivity contribution is 6.33. The van der Waals surface area contributed by atoms with Crippen LogP contribution in [0.15, 0.2) is 30.5 Å². The molecule has 1 aromatic heterocycles. The lowest BCUT2D eigenvalue weighted by Gasteiger charge is -2.19. The van der Waals surface area contributed by atoms with Crippen molar-refractivity contribution in [2.24, 2.45) is 5.92 Å². The van der Waals surface area contributed by atoms with Crippen molar-refractivity contribution in [3.8, 4) is 11.3 Å². The van der Waals surface area contributed by atoms with E-state index in [1.54, 1.807) is 0 Å². The van der Waals surface area contributed by atoms with Gasteiger partial charge in [0.15, 0.2) is 0 Å². The van der Waals surface area contributed by atoms with Crippen molar-refractivity contribution >= 4 is 11.6 Å². The quantitative estimate of drug-likeness (QED) is 0.749. The second-order valence-electron chi connectivity index (χ2n) is 4.82. The van der Waals surface area contributed by atoms with Crippen LogP contribution in [0, 0.1) is 5.92 Å². The molecule has 0 unspecified atom stereocenters. The van der Waals surface area contributed by atoms with Crippen molar-refractivity contribution in [1.82, 2.24) is 9.55 Å². The van der Waals surface area contributed by atoms with Gasteiger partial charge in [0.2, 0.25) is 0 Å². The number of aromatic nitrogens is 2. The molecule has 2 nitrogen and oxygen atoms in total. The Labute approximate surface area is 106 Å². The number of imidazole rings is 1. The molecule has 0 spiro atoms. The van der Waals surface area contributed by atoms with E-state index < -0.39 is 0 Å². The Kier molecular flexibility index (Phi) is 2.67. The molecule has 88 valence electrons. The number of fused-ring (bicyclic) bond motifs is 1. The summed E-state index contributed by atoms with van der Waals surface area (Å²) in [5.74, 6) is 1.94. The molecule has 0 amide bonds. The van der Waals surface area contributed by atoms with Gasteiger partial charge in [0.25, 0.3) is 0 Å². The number of aryl methyl sites for hydroxylation is 1. The van der Waals surface area contributed by atoms with Gasteiger partial charge in [-0.25, -0.2) is 4.98 Å². The van der Waals surface area contributed by atoms with Crippen molar-refractivity contribution in [3.05, 3.63) is 41.3 Å². The van der Waals surface area contributed by atoms with E-state index in [0.29, 0.717) is 0 Å². The molecule has 2 heterocycles. The van der Waals surface area contributed by atoms with Crippen LogP contribution >= 0.6 is 11.6 Å². The van der Waals surface area contributed by atoms with Crippen LogP contribution in [0.5, 0.6) is 0 Å². The lowest BCUT2D eigenvalue weighted by atomic mass is 10.0. The SMILES string of the molecule is C[C@@H]1CCc2nc(-c3ccccc3Cl)cn2C1. The molecular formula is C14H15ClN2. The third-order valence-corrected chi connectivity index (χ3v) is 3.71. The van der Waals surface area contributed by atoms with Crippen molar-refractivity contribution in [3.63, 3.8) is 0 Å². The second kappa shape index (κ2) is 4.19. The topological polar surface area (TPSA) is 17.8 Å². The first-order valence-electron chi connectivity index (χ1n) is 6.05. The predicted octanol–water partition coefficient (Wildman–Crippen LogP) is 3.79. The van der Waals surface area contributed by atoms with E-state index >= 15 is 0 Å². The zero-order chi connectivity index (χ0) is 11.8. The molecule has 0 fully saturated rings. The van der Waals surface area contributed by atoms with Gasteiger partial charge in [0.1, 0.15) is 5.82 Å². The number of hydrogen-bond donors (Lipinski definition) is 0. The van der Waals surface area contributed by atoms with E-state index in [4.69, 9.17) is 16.6 Å². The van der Waals surface area contributed by atoms with Crippen LogP contribution in [0.25, 0.3) is 11.3 Å². The fourth-order valence-corrected chi connectivity index (χ4v) is 2.65. The Morgan fingerprint density at radius 2 is 2.18 bits per heavy atom. The Balaban J connectivity index is 2.03. The maximum absolute atomic E-state index is 6.20. The fourth-order valence-electron chi connectivity index (χ4n) is 2.41. The maximum Gasteiger partial charge on any atom is 0.109 e. The minimum absolute atomic E-state index is 0.746. The summed E-state index contributed by atoms with van der Waals surface area (Å²) in [5.41, 5.74) is 2.03. The van der Waals surface area contributed by atoms with Crippen molar-refractivity contribution in [2.75, 3.05) is 0 Å². The summed E-state index contributed by atoms with van der Waals surface area (Å²) >= 11 is 6.20. The molecular weight excluding hydrogens is 232 g/mol. The summed E-state index contributed by atoms with van der Waals surface area (Å²) in [7, 11) is 0. The van der Waals surface area contributed by atoms with Crippen LogP contribution in [0.4, 0.5) is 0 Å². The lowest BCUT2D eigenvalue weighted by molar-refractivity contribution is 0.394. The molecule has 0 N–H and O–H groups in total. The molecule has 1 aromatic carbocycles. The van der Waals surface area contributed by atoms with Crippen LogP contribution < -0.4 is 0 Å². The smallest absolute Gasteiger partial charge is 0.109 e. The first-order chi connectivity index (χ1) is 8.24. The Bertz CT molecular complexity index is 545. The van der Waals surface area contributed by atoms with Gasteiger partial charge >= 0.3 is 0 Å². The van der Waals surface area contributed by atoms with E-state index in [1.165, 1.54) is 12.2 Å². The van der Waals surface area contributed by atoms with Gasteiger partial charge in [-0.05, 0) is 18.4 Å². The number of hydrogen-bond acceptors (Lipinski definition) is 1. The maximum atomic E-state index is 6.20. The van der Waals surface area contributed by atoms with Gasteiger partial charge in [0, 0.05) is 24.7 Å². The zero-order valence-corrected chi connectivity index (χ0v) is 10.6. The number of rotatable bonds is 1. The number of benzene rings is 1. The van der Waals surface area contributed by atoms with E-state index in [0.717, 1.165) is 35.2 Å². The Morgan fingerprint density at radius 1 is 1.35 bits per heavy atom. The molecule has 1 aliphatic heterocycles. The first-order valence-corrected chi connectivity index (χ1v) is 6.43. The van der Waals surface area contributed by atoms with E-state index in [1.807, 2.05) is 24.3 Å². The van der Waals surface area contributed by atoms with Gasteiger partial charge in [-0.15, -0.1) is 0 Å². The highest BCUT2D eigenvalue weighted by Crippen LogP contribution is 2.29. The molecule has 0 bridgehead atoms. The molecule has 2 aromatic rings. The Hall–Kier alpha value is -1.28. The third-order valence-electron chi connectivity index (χ3n) is 3.38. The zero-order valence-electron chi connectivity index (χ0n) is 9.86. The minimum Gasteiger partial charge on any atom is -0.334 e. The van der Waals surface area contributed by atoms with Gasteiger partial charge in [-0.3, -0.25) is 0 Å². The van der Waals surface area contributed by atoms with Gasteiger partial charge < -0.3 is 4.57 Å². The molecule has 1 atom stereocenters. The molecule has 3 rings (SSSR count). The molecule has 1 aliphatic rings. The monoisotopic (exact) mass is 246 g/mol. The normalized spacial score (nSPS) is 19.1. The van der Waals surface area contributed by atoms with Crippen molar-refractivity contribution < 1.29 is 0 Å². The van der Waals surface area contributed by atoms with Crippen molar-refractivity contribution in [1.29, 1.82) is 0 Å². The van der Waals surface area contributed by atoms with Gasteiger partial charge in [0.05, 0.1) is 10.7 Å². The summed E-state index contributed by atoms with van der Waals surface area (Å²) in [4.78, 5) is 4.69. The summed E-state index contributed by atoms with van der Waals surface area (Å²) < 4.78 is 2.27. The molecule has 0 saturated carbocycles. The predicted molar refractivity (Wildman–Crippen MR) is 70.2 cm³/mol. The number of nitrogens with zero attached hydrogens (tertiary/aromatic N) is 2. The average molecular weight is 247 g/mol. The Morgan fingerprint density at radius 3 is 3.00 bits per heavy atom. The first kappa shape index (κ1) is 10.8. The highest BCUT2D eigenvalue weighted by atomic mass is 35.5. The minimum atomic E-state index is 0.746. The summed E-state index contributed by atoms with van der Waals surface area (Å²) in [5, 5.41) is 0.774. The van der Waals surface area contributed by atoms with E-state index in [9.17, 15) is 0 Å². The molecule has 0 aliphatic carbocycles.